The Balaban J connectivity index is 2.33. The second-order valence-corrected chi connectivity index (χ2v) is 6.04. The Morgan fingerprint density at radius 3 is 2.76 bits per heavy atom. The van der Waals surface area contributed by atoms with Gasteiger partial charge in [0, 0.05) is 24.1 Å². The summed E-state index contributed by atoms with van der Waals surface area (Å²) in [6.45, 7) is 5.38. The van der Waals surface area contributed by atoms with Crippen LogP contribution < -0.4 is 5.32 Å². The summed E-state index contributed by atoms with van der Waals surface area (Å²) < 4.78 is 19.2. The molecule has 0 fully saturated rings. The van der Waals surface area contributed by atoms with Crippen molar-refractivity contribution in [3.63, 3.8) is 0 Å². The summed E-state index contributed by atoms with van der Waals surface area (Å²) in [5.74, 6) is -0.210. The zero-order valence-electron chi connectivity index (χ0n) is 12.6. The Hall–Kier alpha value is -1.30. The number of halogens is 1. The van der Waals surface area contributed by atoms with Gasteiger partial charge in [-0.25, -0.2) is 9.37 Å². The largest absolute Gasteiger partial charge is 0.383 e. The fraction of sp³-hybridized carbons (Fsp3) is 0.438. The molecule has 21 heavy (non-hydrogen) atoms. The molecule has 1 heterocycles. The van der Waals surface area contributed by atoms with Crippen LogP contribution in [-0.4, -0.2) is 25.2 Å². The third kappa shape index (κ3) is 3.87. The van der Waals surface area contributed by atoms with Gasteiger partial charge in [-0.15, -0.1) is 11.3 Å². The number of thiazole rings is 1. The molecule has 5 heteroatoms. The maximum absolute atomic E-state index is 14.1. The predicted octanol–water partition coefficient (Wildman–Crippen LogP) is 3.48. The van der Waals surface area contributed by atoms with Gasteiger partial charge in [0.1, 0.15) is 10.8 Å². The van der Waals surface area contributed by atoms with Gasteiger partial charge in [0.2, 0.25) is 0 Å². The molecular weight excluding hydrogens is 287 g/mol. The quantitative estimate of drug-likeness (QED) is 0.795. The minimum atomic E-state index is -0.231. The summed E-state index contributed by atoms with van der Waals surface area (Å²) in [5.41, 5.74) is 1.72. The molecule has 2 aromatic rings. The molecule has 2 rings (SSSR count). The molecule has 0 aliphatic heterocycles. The van der Waals surface area contributed by atoms with E-state index in [0.29, 0.717) is 18.7 Å². The molecule has 1 N–H and O–H groups in total. The van der Waals surface area contributed by atoms with E-state index in [9.17, 15) is 4.39 Å². The van der Waals surface area contributed by atoms with Crippen molar-refractivity contribution in [2.24, 2.45) is 0 Å². The molecule has 1 aromatic heterocycles. The van der Waals surface area contributed by atoms with Crippen molar-refractivity contribution in [1.29, 1.82) is 0 Å². The number of ether oxygens (including phenoxy) is 1. The smallest absolute Gasteiger partial charge is 0.128 e. The SMILES string of the molecule is CCc1nc(C(NCCOC)c2ccccc2F)sc1C. The van der Waals surface area contributed by atoms with E-state index in [1.165, 1.54) is 10.9 Å². The summed E-state index contributed by atoms with van der Waals surface area (Å²) in [6.07, 6.45) is 0.893. The lowest BCUT2D eigenvalue weighted by atomic mass is 10.1. The lowest BCUT2D eigenvalue weighted by molar-refractivity contribution is 0.197. The van der Waals surface area contributed by atoms with Gasteiger partial charge >= 0.3 is 0 Å². The van der Waals surface area contributed by atoms with E-state index in [1.54, 1.807) is 24.5 Å². The van der Waals surface area contributed by atoms with Crippen LogP contribution in [-0.2, 0) is 11.2 Å². The molecule has 0 amide bonds. The van der Waals surface area contributed by atoms with Gasteiger partial charge in [0.25, 0.3) is 0 Å². The third-order valence-electron chi connectivity index (χ3n) is 3.36. The predicted molar refractivity (Wildman–Crippen MR) is 84.4 cm³/mol. The van der Waals surface area contributed by atoms with Crippen molar-refractivity contribution in [2.45, 2.75) is 26.3 Å². The molecule has 3 nitrogen and oxygen atoms in total. The maximum Gasteiger partial charge on any atom is 0.128 e. The van der Waals surface area contributed by atoms with Gasteiger partial charge in [0.15, 0.2) is 0 Å². The number of methoxy groups -OCH3 is 1. The fourth-order valence-corrected chi connectivity index (χ4v) is 3.35. The topological polar surface area (TPSA) is 34.2 Å². The van der Waals surface area contributed by atoms with E-state index in [1.807, 2.05) is 12.1 Å². The van der Waals surface area contributed by atoms with Gasteiger partial charge in [-0.1, -0.05) is 25.1 Å². The van der Waals surface area contributed by atoms with Crippen molar-refractivity contribution < 1.29 is 9.13 Å². The van der Waals surface area contributed by atoms with E-state index in [2.05, 4.69) is 24.1 Å². The van der Waals surface area contributed by atoms with E-state index in [0.717, 1.165) is 17.1 Å². The second-order valence-electron chi connectivity index (χ2n) is 4.81. The van der Waals surface area contributed by atoms with E-state index < -0.39 is 0 Å². The van der Waals surface area contributed by atoms with Crippen molar-refractivity contribution in [1.82, 2.24) is 10.3 Å². The first-order valence-corrected chi connectivity index (χ1v) is 7.92. The summed E-state index contributed by atoms with van der Waals surface area (Å²) in [4.78, 5) is 5.87. The van der Waals surface area contributed by atoms with Crippen molar-refractivity contribution in [3.8, 4) is 0 Å². The Morgan fingerprint density at radius 1 is 1.38 bits per heavy atom. The van der Waals surface area contributed by atoms with Crippen LogP contribution in [0.4, 0.5) is 4.39 Å². The number of benzene rings is 1. The number of aryl methyl sites for hydroxylation is 2. The zero-order chi connectivity index (χ0) is 15.2. The number of nitrogens with one attached hydrogen (secondary N) is 1. The molecule has 0 saturated heterocycles. The number of hydrogen-bond donors (Lipinski definition) is 1. The molecule has 0 bridgehead atoms. The van der Waals surface area contributed by atoms with E-state index in [4.69, 9.17) is 4.74 Å². The summed E-state index contributed by atoms with van der Waals surface area (Å²) in [7, 11) is 1.66. The van der Waals surface area contributed by atoms with Crippen molar-refractivity contribution in [3.05, 3.63) is 51.2 Å². The first-order valence-electron chi connectivity index (χ1n) is 7.10. The van der Waals surface area contributed by atoms with E-state index in [-0.39, 0.29) is 11.9 Å². The van der Waals surface area contributed by atoms with Crippen LogP contribution in [0.25, 0.3) is 0 Å². The minimum Gasteiger partial charge on any atom is -0.383 e. The average Bonchev–Trinajstić information content (AvgIpc) is 2.86. The highest BCUT2D eigenvalue weighted by Gasteiger charge is 2.21. The molecule has 0 spiro atoms. The number of aromatic nitrogens is 1. The Bertz CT molecular complexity index is 585. The van der Waals surface area contributed by atoms with Crippen LogP contribution in [0.15, 0.2) is 24.3 Å². The maximum atomic E-state index is 14.1. The van der Waals surface area contributed by atoms with Crippen LogP contribution in [0.5, 0.6) is 0 Å². The molecule has 1 atom stereocenters. The highest BCUT2D eigenvalue weighted by atomic mass is 32.1. The van der Waals surface area contributed by atoms with Crippen LogP contribution in [0, 0.1) is 12.7 Å². The Labute approximate surface area is 129 Å². The van der Waals surface area contributed by atoms with Crippen LogP contribution in [0.1, 0.15) is 34.1 Å². The Morgan fingerprint density at radius 2 is 2.14 bits per heavy atom. The molecule has 114 valence electrons. The molecule has 1 aromatic carbocycles. The van der Waals surface area contributed by atoms with Gasteiger partial charge in [-0.3, -0.25) is 0 Å². The first-order chi connectivity index (χ1) is 10.2. The molecular formula is C16H21FN2OS. The molecule has 0 aliphatic rings. The monoisotopic (exact) mass is 308 g/mol. The lowest BCUT2D eigenvalue weighted by Gasteiger charge is -2.17. The number of hydrogen-bond acceptors (Lipinski definition) is 4. The number of nitrogens with zero attached hydrogens (tertiary/aromatic N) is 1. The normalized spacial score (nSPS) is 12.6. The van der Waals surface area contributed by atoms with Crippen LogP contribution in [0.3, 0.4) is 0 Å². The highest BCUT2D eigenvalue weighted by molar-refractivity contribution is 7.11. The van der Waals surface area contributed by atoms with Crippen molar-refractivity contribution >= 4 is 11.3 Å². The van der Waals surface area contributed by atoms with E-state index >= 15 is 0 Å². The molecule has 1 unspecified atom stereocenters. The third-order valence-corrected chi connectivity index (χ3v) is 4.44. The Kier molecular flexibility index (Phi) is 5.85. The zero-order valence-corrected chi connectivity index (χ0v) is 13.5. The molecule has 0 saturated carbocycles. The van der Waals surface area contributed by atoms with Gasteiger partial charge < -0.3 is 10.1 Å². The number of rotatable bonds is 7. The minimum absolute atomic E-state index is 0.210. The van der Waals surface area contributed by atoms with Crippen LogP contribution in [0.2, 0.25) is 0 Å². The van der Waals surface area contributed by atoms with Crippen LogP contribution >= 0.6 is 11.3 Å². The fourth-order valence-electron chi connectivity index (χ4n) is 2.25. The van der Waals surface area contributed by atoms with Gasteiger partial charge in [-0.2, -0.15) is 0 Å². The lowest BCUT2D eigenvalue weighted by Crippen LogP contribution is -2.26. The molecule has 0 aliphatic carbocycles. The standard InChI is InChI=1S/C16H21FN2OS/c1-4-14-11(2)21-16(19-14)15(18-9-10-20-3)12-7-5-6-8-13(12)17/h5-8,15,18H,4,9-10H2,1-3H3. The average molecular weight is 308 g/mol. The van der Waals surface area contributed by atoms with Gasteiger partial charge in [0.05, 0.1) is 18.3 Å². The van der Waals surface area contributed by atoms with Gasteiger partial charge in [-0.05, 0) is 19.4 Å². The first kappa shape index (κ1) is 16.1. The summed E-state index contributed by atoms with van der Waals surface area (Å²) >= 11 is 1.63. The molecule has 0 radical (unpaired) electrons. The van der Waals surface area contributed by atoms with Crippen molar-refractivity contribution in [2.75, 3.05) is 20.3 Å². The second kappa shape index (κ2) is 7.64. The summed E-state index contributed by atoms with van der Waals surface area (Å²) in [6, 6.07) is 6.62. The summed E-state index contributed by atoms with van der Waals surface area (Å²) in [5, 5.41) is 4.25. The highest BCUT2D eigenvalue weighted by Crippen LogP contribution is 2.29.